The fraction of sp³-hybridized carbons (Fsp3) is 0.167. The zero-order chi connectivity index (χ0) is 15.4. The first kappa shape index (κ1) is 14.5. The van der Waals surface area contributed by atoms with E-state index >= 15 is 0 Å². The molecule has 0 fully saturated rings. The predicted octanol–water partition coefficient (Wildman–Crippen LogP) is 1.68. The Morgan fingerprint density at radius 3 is 2.91 bits per heavy atom. The first-order valence-corrected chi connectivity index (χ1v) is 7.61. The molecule has 0 bridgehead atoms. The normalized spacial score (nSPS) is 10.5. The number of nitrogens with zero attached hydrogens (tertiary/aromatic N) is 5. The Morgan fingerprint density at radius 2 is 2.18 bits per heavy atom. The molecule has 0 radical (unpaired) electrons. The molecular weight excluding hydrogens is 322 g/mol. The van der Waals surface area contributed by atoms with E-state index in [1.807, 2.05) is 6.07 Å². The van der Waals surface area contributed by atoms with Crippen LogP contribution in [0, 0.1) is 3.95 Å². The van der Waals surface area contributed by atoms with Crippen LogP contribution in [-0.4, -0.2) is 36.3 Å². The van der Waals surface area contributed by atoms with Gasteiger partial charge in [0.25, 0.3) is 5.91 Å². The second-order valence-corrected chi connectivity index (χ2v) is 5.92. The Morgan fingerprint density at radius 1 is 1.36 bits per heavy atom. The van der Waals surface area contributed by atoms with Crippen LogP contribution in [0.15, 0.2) is 30.3 Å². The lowest BCUT2D eigenvalue weighted by molar-refractivity contribution is 0.102. The third-order valence-electron chi connectivity index (χ3n) is 2.80. The Bertz CT molecular complexity index is 810. The molecule has 1 aromatic carbocycles. The van der Waals surface area contributed by atoms with Gasteiger partial charge in [0.05, 0.1) is 6.54 Å². The summed E-state index contributed by atoms with van der Waals surface area (Å²) in [4.78, 5) is 12.1. The number of nitrogens with one attached hydrogen (secondary N) is 2. The van der Waals surface area contributed by atoms with Crippen molar-refractivity contribution in [3.05, 3.63) is 45.7 Å². The minimum atomic E-state index is -0.213. The smallest absolute Gasteiger partial charge is 0.257 e. The predicted molar refractivity (Wildman–Crippen MR) is 83.2 cm³/mol. The van der Waals surface area contributed by atoms with Crippen LogP contribution in [0.1, 0.15) is 16.2 Å². The van der Waals surface area contributed by atoms with Crippen LogP contribution in [0.5, 0.6) is 0 Å². The van der Waals surface area contributed by atoms with Gasteiger partial charge in [0.1, 0.15) is 0 Å². The van der Waals surface area contributed by atoms with Gasteiger partial charge < -0.3 is 0 Å². The maximum absolute atomic E-state index is 12.1. The van der Waals surface area contributed by atoms with E-state index in [1.54, 1.807) is 28.9 Å². The fourth-order valence-corrected chi connectivity index (χ4v) is 2.81. The van der Waals surface area contributed by atoms with Crippen molar-refractivity contribution in [2.45, 2.75) is 13.0 Å². The standard InChI is InChI=1S/C12H11N7OS2/c20-10(8-4-2-1-3-5-8)13-11-16-19(12(21)22-11)7-6-9-14-17-18-15-9/h1-5H,6-7H2,(H,13,16,20)(H,14,15,17,18). The van der Waals surface area contributed by atoms with E-state index in [1.165, 1.54) is 11.3 Å². The minimum absolute atomic E-state index is 0.213. The van der Waals surface area contributed by atoms with Crippen molar-refractivity contribution in [2.24, 2.45) is 0 Å². The van der Waals surface area contributed by atoms with Gasteiger partial charge in [-0.3, -0.25) is 10.1 Å². The topological polar surface area (TPSA) is 101 Å². The number of rotatable bonds is 5. The fourth-order valence-electron chi connectivity index (χ4n) is 1.75. The Kier molecular flexibility index (Phi) is 4.30. The number of H-pyrrole nitrogens is 1. The lowest BCUT2D eigenvalue weighted by Gasteiger charge is -2.00. The summed E-state index contributed by atoms with van der Waals surface area (Å²) >= 11 is 6.49. The van der Waals surface area contributed by atoms with E-state index in [2.05, 4.69) is 31.0 Å². The van der Waals surface area contributed by atoms with E-state index in [0.29, 0.717) is 33.4 Å². The lowest BCUT2D eigenvalue weighted by atomic mass is 10.2. The minimum Gasteiger partial charge on any atom is -0.296 e. The van der Waals surface area contributed by atoms with Crippen LogP contribution in [-0.2, 0) is 13.0 Å². The van der Waals surface area contributed by atoms with Crippen molar-refractivity contribution in [3.8, 4) is 0 Å². The zero-order valence-electron chi connectivity index (χ0n) is 11.3. The molecule has 0 unspecified atom stereocenters. The average molecular weight is 333 g/mol. The summed E-state index contributed by atoms with van der Waals surface area (Å²) in [7, 11) is 0. The summed E-state index contributed by atoms with van der Waals surface area (Å²) in [5, 5.41) is 21.1. The van der Waals surface area contributed by atoms with Crippen molar-refractivity contribution >= 4 is 34.6 Å². The number of carbonyl (C=O) groups is 1. The molecule has 1 amide bonds. The molecule has 2 heterocycles. The van der Waals surface area contributed by atoms with Gasteiger partial charge >= 0.3 is 0 Å². The van der Waals surface area contributed by atoms with Crippen molar-refractivity contribution in [2.75, 3.05) is 5.32 Å². The molecule has 0 spiro atoms. The first-order valence-electron chi connectivity index (χ1n) is 6.39. The second kappa shape index (κ2) is 6.54. The molecule has 112 valence electrons. The van der Waals surface area contributed by atoms with Crippen molar-refractivity contribution in [1.82, 2.24) is 30.4 Å². The molecule has 0 saturated carbocycles. The number of amides is 1. The Balaban J connectivity index is 1.67. The molecule has 0 aliphatic carbocycles. The van der Waals surface area contributed by atoms with E-state index in [0.717, 1.165) is 0 Å². The molecule has 3 aromatic rings. The molecule has 0 saturated heterocycles. The van der Waals surface area contributed by atoms with Crippen LogP contribution < -0.4 is 5.32 Å². The third-order valence-corrected chi connectivity index (χ3v) is 4.02. The number of aryl methyl sites for hydroxylation is 2. The van der Waals surface area contributed by atoms with Gasteiger partial charge in [-0.15, -0.1) is 15.3 Å². The van der Waals surface area contributed by atoms with Crippen molar-refractivity contribution in [3.63, 3.8) is 0 Å². The number of carbonyl (C=O) groups excluding carboxylic acids is 1. The molecule has 2 N–H and O–H groups in total. The molecule has 10 heteroatoms. The molecule has 0 atom stereocenters. The SMILES string of the molecule is O=C(Nc1nn(CCc2nn[nH]n2)c(=S)s1)c1ccccc1. The number of hydrogen-bond acceptors (Lipinski definition) is 7. The maximum atomic E-state index is 12.1. The molecule has 3 rings (SSSR count). The Hall–Kier alpha value is -2.46. The first-order chi connectivity index (χ1) is 10.7. The summed E-state index contributed by atoms with van der Waals surface area (Å²) in [6.45, 7) is 0.524. The van der Waals surface area contributed by atoms with E-state index in [4.69, 9.17) is 12.2 Å². The number of benzene rings is 1. The highest BCUT2D eigenvalue weighted by Crippen LogP contribution is 2.15. The number of hydrogen-bond donors (Lipinski definition) is 2. The molecule has 2 aromatic heterocycles. The molecule has 8 nitrogen and oxygen atoms in total. The molecular formula is C12H11N7OS2. The highest BCUT2D eigenvalue weighted by Gasteiger charge is 2.10. The van der Waals surface area contributed by atoms with Crippen molar-refractivity contribution < 1.29 is 4.79 Å². The van der Waals surface area contributed by atoms with Gasteiger partial charge in [0.2, 0.25) is 5.13 Å². The molecule has 0 aliphatic rings. The lowest BCUT2D eigenvalue weighted by Crippen LogP contribution is -2.12. The summed E-state index contributed by atoms with van der Waals surface area (Å²) in [5.41, 5.74) is 0.571. The van der Waals surface area contributed by atoms with E-state index in [-0.39, 0.29) is 5.91 Å². The largest absolute Gasteiger partial charge is 0.296 e. The molecule has 22 heavy (non-hydrogen) atoms. The number of aromatic amines is 1. The monoisotopic (exact) mass is 333 g/mol. The molecule has 0 aliphatic heterocycles. The summed E-state index contributed by atoms with van der Waals surface area (Å²) in [6.07, 6.45) is 0.556. The van der Waals surface area contributed by atoms with Gasteiger partial charge in [0, 0.05) is 12.0 Å². The summed E-state index contributed by atoms with van der Waals surface area (Å²) in [6, 6.07) is 8.94. The average Bonchev–Trinajstić information content (AvgIpc) is 3.16. The van der Waals surface area contributed by atoms with Crippen molar-refractivity contribution in [1.29, 1.82) is 0 Å². The van der Waals surface area contributed by atoms with Gasteiger partial charge in [0.15, 0.2) is 9.78 Å². The second-order valence-electron chi connectivity index (χ2n) is 4.29. The summed E-state index contributed by atoms with van der Waals surface area (Å²) < 4.78 is 2.21. The van der Waals surface area contributed by atoms with Crippen LogP contribution >= 0.6 is 23.6 Å². The number of aromatic nitrogens is 6. The maximum Gasteiger partial charge on any atom is 0.257 e. The Labute approximate surface area is 134 Å². The van der Waals surface area contributed by atoms with Gasteiger partial charge in [-0.2, -0.15) is 5.21 Å². The highest BCUT2D eigenvalue weighted by molar-refractivity contribution is 7.73. The van der Waals surface area contributed by atoms with Crippen LogP contribution in [0.25, 0.3) is 0 Å². The van der Waals surface area contributed by atoms with E-state index in [9.17, 15) is 4.79 Å². The third kappa shape index (κ3) is 3.40. The summed E-state index contributed by atoms with van der Waals surface area (Å²) in [5.74, 6) is 0.374. The number of anilines is 1. The van der Waals surface area contributed by atoms with Crippen LogP contribution in [0.2, 0.25) is 0 Å². The van der Waals surface area contributed by atoms with Crippen LogP contribution in [0.4, 0.5) is 5.13 Å². The zero-order valence-corrected chi connectivity index (χ0v) is 12.9. The van der Waals surface area contributed by atoms with Gasteiger partial charge in [-0.1, -0.05) is 34.7 Å². The van der Waals surface area contributed by atoms with Gasteiger partial charge in [-0.25, -0.2) is 4.68 Å². The quantitative estimate of drug-likeness (QED) is 0.689. The highest BCUT2D eigenvalue weighted by atomic mass is 32.1. The number of tetrazole rings is 1. The van der Waals surface area contributed by atoms with Gasteiger partial charge in [-0.05, 0) is 24.4 Å². The van der Waals surface area contributed by atoms with E-state index < -0.39 is 0 Å². The van der Waals surface area contributed by atoms with Crippen LogP contribution in [0.3, 0.4) is 0 Å².